The van der Waals surface area contributed by atoms with Crippen LogP contribution in [0.5, 0.6) is 5.75 Å². The Morgan fingerprint density at radius 2 is 1.55 bits per heavy atom. The van der Waals surface area contributed by atoms with Crippen LogP contribution < -0.4 is 5.43 Å². The molecule has 0 saturated heterocycles. The molecule has 0 saturated carbocycles. The minimum Gasteiger partial charge on any atom is -0.503 e. The zero-order valence-corrected chi connectivity index (χ0v) is 19.1. The monoisotopic (exact) mass is 443 g/mol. The number of amides is 1. The predicted octanol–water partition coefficient (Wildman–Crippen LogP) is 3.04. The fourth-order valence-electron chi connectivity index (χ4n) is 5.34. The molecule has 1 aliphatic heterocycles. The van der Waals surface area contributed by atoms with Crippen molar-refractivity contribution in [3.63, 3.8) is 0 Å². The number of benzene rings is 2. The van der Waals surface area contributed by atoms with Crippen LogP contribution in [-0.4, -0.2) is 59.1 Å². The van der Waals surface area contributed by atoms with Crippen molar-refractivity contribution in [2.75, 3.05) is 33.7 Å². The van der Waals surface area contributed by atoms with Gasteiger partial charge < -0.3 is 19.5 Å². The Hall–Kier alpha value is -3.38. The molecule has 1 aliphatic carbocycles. The van der Waals surface area contributed by atoms with E-state index in [0.717, 1.165) is 12.8 Å². The molecule has 6 nitrogen and oxygen atoms in total. The Bertz CT molecular complexity index is 1220. The van der Waals surface area contributed by atoms with Crippen molar-refractivity contribution in [2.45, 2.75) is 24.8 Å². The molecule has 2 aromatic carbocycles. The van der Waals surface area contributed by atoms with Crippen LogP contribution in [0.25, 0.3) is 0 Å². The number of hydrogen-bond donors (Lipinski definition) is 1. The molecular weight excluding hydrogens is 414 g/mol. The molecule has 1 atom stereocenters. The fourth-order valence-corrected chi connectivity index (χ4v) is 5.34. The lowest BCUT2D eigenvalue weighted by Gasteiger charge is -2.41. The summed E-state index contributed by atoms with van der Waals surface area (Å²) < 4.78 is 1.84. The van der Waals surface area contributed by atoms with E-state index in [4.69, 9.17) is 0 Å². The molecule has 0 spiro atoms. The number of pyridine rings is 1. The van der Waals surface area contributed by atoms with Gasteiger partial charge in [-0.3, -0.25) is 9.59 Å². The third-order valence-electron chi connectivity index (χ3n) is 7.00. The highest BCUT2D eigenvalue weighted by atomic mass is 16.3. The van der Waals surface area contributed by atoms with E-state index in [1.54, 1.807) is 11.1 Å². The van der Waals surface area contributed by atoms with Crippen molar-refractivity contribution in [3.8, 4) is 5.75 Å². The summed E-state index contributed by atoms with van der Waals surface area (Å²) in [6, 6.07) is 18.3. The summed E-state index contributed by atoms with van der Waals surface area (Å²) >= 11 is 0. The minimum atomic E-state index is -0.524. The number of carbonyl (C=O) groups excluding carboxylic acids is 1. The van der Waals surface area contributed by atoms with Crippen LogP contribution in [0.1, 0.15) is 44.7 Å². The van der Waals surface area contributed by atoms with Gasteiger partial charge in [-0.25, -0.2) is 0 Å². The second-order valence-electron chi connectivity index (χ2n) is 9.28. The fraction of sp³-hybridized carbons (Fsp3) is 0.333. The summed E-state index contributed by atoms with van der Waals surface area (Å²) in [5, 5.41) is 10.7. The van der Waals surface area contributed by atoms with E-state index >= 15 is 0 Å². The summed E-state index contributed by atoms with van der Waals surface area (Å²) in [5.74, 6) is -0.758. The molecule has 3 aromatic rings. The van der Waals surface area contributed by atoms with Gasteiger partial charge in [0.2, 0.25) is 5.43 Å². The first-order valence-electron chi connectivity index (χ1n) is 11.5. The lowest BCUT2D eigenvalue weighted by molar-refractivity contribution is 0.0638. The van der Waals surface area contributed by atoms with Gasteiger partial charge in [-0.1, -0.05) is 48.5 Å². The Kier molecular flexibility index (Phi) is 5.54. The van der Waals surface area contributed by atoms with Gasteiger partial charge in [0, 0.05) is 37.8 Å². The smallest absolute Gasteiger partial charge is 0.274 e. The quantitative estimate of drug-likeness (QED) is 0.673. The molecule has 2 aliphatic rings. The van der Waals surface area contributed by atoms with Crippen molar-refractivity contribution in [3.05, 3.63) is 99.0 Å². The summed E-state index contributed by atoms with van der Waals surface area (Å²) in [5.41, 5.74) is 4.68. The third-order valence-corrected chi connectivity index (χ3v) is 7.00. The topological polar surface area (TPSA) is 65.8 Å². The van der Waals surface area contributed by atoms with Gasteiger partial charge in [0.25, 0.3) is 5.91 Å². The van der Waals surface area contributed by atoms with Gasteiger partial charge >= 0.3 is 0 Å². The molecule has 0 fully saturated rings. The summed E-state index contributed by atoms with van der Waals surface area (Å²) in [7, 11) is 3.94. The lowest BCUT2D eigenvalue weighted by atomic mass is 9.81. The first kappa shape index (κ1) is 21.5. The molecule has 1 aromatic heterocycles. The van der Waals surface area contributed by atoms with Crippen LogP contribution in [0.4, 0.5) is 0 Å². The Balaban J connectivity index is 1.72. The predicted molar refractivity (Wildman–Crippen MR) is 128 cm³/mol. The van der Waals surface area contributed by atoms with Crippen molar-refractivity contribution in [2.24, 2.45) is 0 Å². The second-order valence-corrected chi connectivity index (χ2v) is 9.28. The zero-order valence-electron chi connectivity index (χ0n) is 19.1. The maximum atomic E-state index is 13.4. The van der Waals surface area contributed by atoms with E-state index in [9.17, 15) is 14.7 Å². The summed E-state index contributed by atoms with van der Waals surface area (Å²) in [6.07, 6.45) is 3.60. The number of aromatic hydroxyl groups is 1. The van der Waals surface area contributed by atoms with Crippen LogP contribution in [0.3, 0.4) is 0 Å². The second kappa shape index (κ2) is 8.52. The molecule has 0 bridgehead atoms. The highest BCUT2D eigenvalue weighted by molar-refractivity contribution is 5.96. The molecule has 5 rings (SSSR count). The molecule has 1 amide bonds. The van der Waals surface area contributed by atoms with Crippen LogP contribution in [0.15, 0.2) is 65.6 Å². The van der Waals surface area contributed by atoms with Crippen LogP contribution in [-0.2, 0) is 12.8 Å². The van der Waals surface area contributed by atoms with Gasteiger partial charge in [-0.05, 0) is 49.2 Å². The van der Waals surface area contributed by atoms with Gasteiger partial charge in [0.05, 0.1) is 6.04 Å². The Labute approximate surface area is 193 Å². The number of rotatable bonds is 4. The van der Waals surface area contributed by atoms with E-state index in [1.807, 2.05) is 23.6 Å². The van der Waals surface area contributed by atoms with Crippen molar-refractivity contribution < 1.29 is 9.90 Å². The normalized spacial score (nSPS) is 18.0. The minimum absolute atomic E-state index is 0.00416. The zero-order chi connectivity index (χ0) is 23.1. The van der Waals surface area contributed by atoms with Gasteiger partial charge in [-0.2, -0.15) is 0 Å². The summed E-state index contributed by atoms with van der Waals surface area (Å²) in [4.78, 5) is 29.5. The molecule has 33 heavy (non-hydrogen) atoms. The van der Waals surface area contributed by atoms with E-state index in [2.05, 4.69) is 48.5 Å². The number of likely N-dealkylation sites (N-methyl/N-ethyl adjacent to an activating group) is 1. The molecule has 2 heterocycles. The van der Waals surface area contributed by atoms with Gasteiger partial charge in [0.1, 0.15) is 0 Å². The van der Waals surface area contributed by atoms with E-state index in [0.29, 0.717) is 19.6 Å². The van der Waals surface area contributed by atoms with Crippen LogP contribution >= 0.6 is 0 Å². The maximum Gasteiger partial charge on any atom is 0.274 e. The third kappa shape index (κ3) is 3.74. The van der Waals surface area contributed by atoms with E-state index in [1.165, 1.54) is 28.3 Å². The van der Waals surface area contributed by atoms with Gasteiger partial charge in [-0.15, -0.1) is 0 Å². The van der Waals surface area contributed by atoms with Crippen molar-refractivity contribution >= 4 is 5.91 Å². The van der Waals surface area contributed by atoms with E-state index in [-0.39, 0.29) is 23.6 Å². The number of aryl methyl sites for hydroxylation is 2. The number of fused-ring (bicyclic) bond motifs is 3. The Morgan fingerprint density at radius 1 is 0.939 bits per heavy atom. The highest BCUT2D eigenvalue weighted by Gasteiger charge is 2.40. The van der Waals surface area contributed by atoms with Gasteiger partial charge in [0.15, 0.2) is 11.4 Å². The van der Waals surface area contributed by atoms with Crippen molar-refractivity contribution in [1.82, 2.24) is 14.4 Å². The molecule has 0 radical (unpaired) electrons. The lowest BCUT2D eigenvalue weighted by Crippen LogP contribution is -2.48. The van der Waals surface area contributed by atoms with Crippen LogP contribution in [0, 0.1) is 0 Å². The molecule has 6 heteroatoms. The van der Waals surface area contributed by atoms with E-state index < -0.39 is 11.2 Å². The number of carbonyl (C=O) groups is 1. The summed E-state index contributed by atoms with van der Waals surface area (Å²) in [6.45, 7) is 1.74. The largest absolute Gasteiger partial charge is 0.503 e. The first-order valence-corrected chi connectivity index (χ1v) is 11.5. The number of aromatic nitrogens is 1. The standard InChI is InChI=1S/C27H29N3O3/c1-28(2)15-16-29-17-22(30-14-13-23(31)26(32)25(30)27(29)33)24-20-9-5-3-7-18(20)11-12-19-8-4-6-10-21(19)24/h3-10,13-14,22,24,32H,11-12,15-17H2,1-2H3. The molecule has 170 valence electrons. The first-order chi connectivity index (χ1) is 16.0. The average molecular weight is 444 g/mol. The average Bonchev–Trinajstić information content (AvgIpc) is 2.98. The number of nitrogens with zero attached hydrogens (tertiary/aromatic N) is 3. The number of hydrogen-bond acceptors (Lipinski definition) is 4. The maximum absolute atomic E-state index is 13.4. The van der Waals surface area contributed by atoms with Crippen LogP contribution in [0.2, 0.25) is 0 Å². The molecule has 1 N–H and O–H groups in total. The SMILES string of the molecule is CN(C)CCN1CC(C2c3ccccc3CCc3ccccc32)n2ccc(=O)c(O)c2C1=O. The molecule has 1 unspecified atom stereocenters. The van der Waals surface area contributed by atoms with Crippen molar-refractivity contribution in [1.29, 1.82) is 0 Å². The molecular formula is C27H29N3O3. The highest BCUT2D eigenvalue weighted by Crippen LogP contribution is 2.44. The Morgan fingerprint density at radius 3 is 2.15 bits per heavy atom.